The van der Waals surface area contributed by atoms with E-state index in [1.54, 1.807) is 0 Å². The third-order valence-electron chi connectivity index (χ3n) is 1.16. The Labute approximate surface area is 96.0 Å². The Kier molecular flexibility index (Phi) is 6.46. The molecule has 2 unspecified atom stereocenters. The fraction of sp³-hybridized carbons (Fsp3) is 0.800. The van der Waals surface area contributed by atoms with E-state index < -0.39 is 40.9 Å². The lowest BCUT2D eigenvalue weighted by Crippen LogP contribution is -2.23. The van der Waals surface area contributed by atoms with Crippen molar-refractivity contribution in [3.8, 4) is 0 Å². The maximum atomic E-state index is 11.0. The van der Waals surface area contributed by atoms with Crippen LogP contribution >= 0.6 is 15.6 Å². The second-order valence-electron chi connectivity index (χ2n) is 2.75. The normalized spacial score (nSPS) is 17.2. The van der Waals surface area contributed by atoms with Crippen LogP contribution in [0.25, 0.3) is 0 Å². The lowest BCUT2D eigenvalue weighted by atomic mass is 10.4. The summed E-state index contributed by atoms with van der Waals surface area (Å²) in [6, 6.07) is 0. The van der Waals surface area contributed by atoms with Crippen LogP contribution in [-0.2, 0) is 27.5 Å². The summed E-state index contributed by atoms with van der Waals surface area (Å²) >= 11 is 0. The summed E-state index contributed by atoms with van der Waals surface area (Å²) in [5.74, 6) is -1.09. The van der Waals surface area contributed by atoms with E-state index >= 15 is 0 Å². The predicted octanol–water partition coefficient (Wildman–Crippen LogP) is -0.863. The molecule has 0 rings (SSSR count). The lowest BCUT2D eigenvalue weighted by molar-refractivity contribution is -0.134. The molecule has 102 valence electrons. The van der Waals surface area contributed by atoms with Gasteiger partial charge in [-0.25, -0.2) is 9.13 Å². The molecule has 10 nitrogen and oxygen atoms in total. The number of carbonyl (C=O) groups is 1. The van der Waals surface area contributed by atoms with Crippen molar-refractivity contribution in [1.29, 1.82) is 0 Å². The average Bonchev–Trinajstić information content (AvgIpc) is 2.08. The summed E-state index contributed by atoms with van der Waals surface area (Å²) in [7, 11) is -9.54. The van der Waals surface area contributed by atoms with Gasteiger partial charge in [0.15, 0.2) is 0 Å². The van der Waals surface area contributed by atoms with Crippen molar-refractivity contribution in [1.82, 2.24) is 0 Å². The van der Waals surface area contributed by atoms with Gasteiger partial charge in [-0.15, -0.1) is 0 Å². The van der Waals surface area contributed by atoms with Crippen molar-refractivity contribution in [2.45, 2.75) is 13.0 Å². The third kappa shape index (κ3) is 9.40. The highest BCUT2D eigenvalue weighted by Gasteiger charge is 2.30. The van der Waals surface area contributed by atoms with Crippen LogP contribution in [0.1, 0.15) is 6.92 Å². The zero-order valence-corrected chi connectivity index (χ0v) is 10.4. The van der Waals surface area contributed by atoms with Crippen molar-refractivity contribution in [2.75, 3.05) is 13.2 Å². The van der Waals surface area contributed by atoms with Gasteiger partial charge in [0.05, 0.1) is 13.2 Å². The molecule has 0 bridgehead atoms. The van der Waals surface area contributed by atoms with Gasteiger partial charge in [0.25, 0.3) is 0 Å². The van der Waals surface area contributed by atoms with E-state index in [0.29, 0.717) is 0 Å². The minimum atomic E-state index is -4.80. The first-order valence-corrected chi connectivity index (χ1v) is 7.10. The van der Waals surface area contributed by atoms with Crippen LogP contribution in [0.3, 0.4) is 0 Å². The molecule has 0 aliphatic carbocycles. The van der Waals surface area contributed by atoms with Gasteiger partial charge in [0.2, 0.25) is 0 Å². The molecular formula is C5H12O10P2. The summed E-state index contributed by atoms with van der Waals surface area (Å²) < 4.78 is 33.4. The van der Waals surface area contributed by atoms with Crippen LogP contribution < -0.4 is 0 Å². The Morgan fingerprint density at radius 2 is 1.82 bits per heavy atom. The first-order chi connectivity index (χ1) is 7.56. The predicted molar refractivity (Wildman–Crippen MR) is 51.5 cm³/mol. The van der Waals surface area contributed by atoms with Crippen LogP contribution in [-0.4, -0.2) is 45.1 Å². The van der Waals surface area contributed by atoms with E-state index in [-0.39, 0.29) is 0 Å². The quantitative estimate of drug-likeness (QED) is 0.435. The molecule has 17 heavy (non-hydrogen) atoms. The Morgan fingerprint density at radius 3 is 2.18 bits per heavy atom. The van der Waals surface area contributed by atoms with Gasteiger partial charge in [-0.2, -0.15) is 0 Å². The first kappa shape index (κ1) is 16.7. The largest absolute Gasteiger partial charge is 0.530 e. The summed E-state index contributed by atoms with van der Waals surface area (Å²) in [5, 5.41) is 8.69. The molecule has 0 fully saturated rings. The fourth-order valence-electron chi connectivity index (χ4n) is 0.669. The van der Waals surface area contributed by atoms with Gasteiger partial charge < -0.3 is 19.4 Å². The van der Waals surface area contributed by atoms with Gasteiger partial charge in [-0.1, -0.05) is 0 Å². The average molecular weight is 294 g/mol. The van der Waals surface area contributed by atoms with E-state index in [9.17, 15) is 13.9 Å². The molecule has 0 saturated carbocycles. The second-order valence-corrected chi connectivity index (χ2v) is 5.32. The zero-order valence-electron chi connectivity index (χ0n) is 8.62. The van der Waals surface area contributed by atoms with Crippen LogP contribution in [0.4, 0.5) is 0 Å². The molecule has 0 spiro atoms. The van der Waals surface area contributed by atoms with E-state index in [2.05, 4.69) is 13.6 Å². The topological polar surface area (TPSA) is 160 Å². The summed E-state index contributed by atoms with van der Waals surface area (Å²) in [5.41, 5.74) is 0. The highest BCUT2D eigenvalue weighted by atomic mass is 31.2. The van der Waals surface area contributed by atoms with E-state index in [1.165, 1.54) is 0 Å². The molecule has 0 aliphatic heterocycles. The molecule has 12 heteroatoms. The Hall–Kier alpha value is -0.310. The smallest absolute Gasteiger partial charge is 0.394 e. The van der Waals surface area contributed by atoms with Crippen LogP contribution in [0, 0.1) is 0 Å². The van der Waals surface area contributed by atoms with E-state index in [1.807, 2.05) is 0 Å². The molecule has 0 aromatic heterocycles. The maximum Gasteiger partial charge on any atom is 0.530 e. The minimum Gasteiger partial charge on any atom is -0.394 e. The van der Waals surface area contributed by atoms with Gasteiger partial charge >= 0.3 is 21.6 Å². The van der Waals surface area contributed by atoms with Gasteiger partial charge in [-0.3, -0.25) is 18.7 Å². The zero-order chi connectivity index (χ0) is 13.7. The van der Waals surface area contributed by atoms with Crippen molar-refractivity contribution >= 4 is 21.6 Å². The number of aliphatic hydroxyl groups is 1. The lowest BCUT2D eigenvalue weighted by Gasteiger charge is -2.18. The molecule has 0 amide bonds. The van der Waals surface area contributed by atoms with Crippen molar-refractivity contribution in [3.63, 3.8) is 0 Å². The summed E-state index contributed by atoms with van der Waals surface area (Å²) in [4.78, 5) is 36.0. The molecule has 0 saturated heterocycles. The summed E-state index contributed by atoms with van der Waals surface area (Å²) in [6.45, 7) is -0.870. The van der Waals surface area contributed by atoms with E-state index in [0.717, 1.165) is 6.92 Å². The van der Waals surface area contributed by atoms with Gasteiger partial charge in [0, 0.05) is 6.92 Å². The number of rotatable bonds is 7. The molecule has 0 aromatic carbocycles. The highest BCUT2D eigenvalue weighted by Crippen LogP contribution is 2.45. The van der Waals surface area contributed by atoms with Crippen LogP contribution in [0.15, 0.2) is 0 Å². The monoisotopic (exact) mass is 294 g/mol. The third-order valence-corrected chi connectivity index (χ3v) is 2.70. The molecule has 0 aliphatic rings. The molecular weight excluding hydrogens is 282 g/mol. The van der Waals surface area contributed by atoms with E-state index in [4.69, 9.17) is 19.8 Å². The Balaban J connectivity index is 4.35. The minimum absolute atomic E-state index is 0.853. The van der Waals surface area contributed by atoms with Crippen LogP contribution in [0.2, 0.25) is 0 Å². The SMILES string of the molecule is CC(=O)OP(=O)(O)OC(CO)COP(=O)(O)O. The van der Waals surface area contributed by atoms with Gasteiger partial charge in [-0.05, 0) is 0 Å². The standard InChI is InChI=1S/C5H12O10P2/c1-4(7)14-17(11,12)15-5(2-6)3-13-16(8,9)10/h5-6H,2-3H2,1H3,(H,11,12)(H2,8,9,10). The number of aliphatic hydroxyl groups excluding tert-OH is 1. The number of hydrogen-bond acceptors (Lipinski definition) is 7. The highest BCUT2D eigenvalue weighted by molar-refractivity contribution is 7.48. The maximum absolute atomic E-state index is 11.0. The second kappa shape index (κ2) is 6.58. The van der Waals surface area contributed by atoms with Crippen molar-refractivity contribution < 1.29 is 47.3 Å². The molecule has 0 heterocycles. The summed E-state index contributed by atoms with van der Waals surface area (Å²) in [6.07, 6.45) is -1.53. The number of carbonyl (C=O) groups excluding carboxylic acids is 1. The number of phosphoric ester groups is 2. The molecule has 4 N–H and O–H groups in total. The van der Waals surface area contributed by atoms with Crippen molar-refractivity contribution in [2.24, 2.45) is 0 Å². The molecule has 2 atom stereocenters. The Morgan fingerprint density at radius 1 is 1.29 bits per heavy atom. The van der Waals surface area contributed by atoms with Crippen LogP contribution in [0.5, 0.6) is 0 Å². The molecule has 0 aromatic rings. The number of hydrogen-bond donors (Lipinski definition) is 4. The fourth-order valence-corrected chi connectivity index (χ4v) is 1.90. The number of phosphoric acid groups is 2. The Bertz CT molecular complexity index is 347. The van der Waals surface area contributed by atoms with Crippen molar-refractivity contribution in [3.05, 3.63) is 0 Å². The van der Waals surface area contributed by atoms with Gasteiger partial charge in [0.1, 0.15) is 6.10 Å². The molecule has 0 radical (unpaired) electrons. The first-order valence-electron chi connectivity index (χ1n) is 4.08.